The van der Waals surface area contributed by atoms with Gasteiger partial charge in [-0.15, -0.1) is 0 Å². The third kappa shape index (κ3) is 2.71. The standard InChI is InChI=1S/C16H19NO/c1-12-6-7-13(8-9-17)10-16(12)14-4-3-5-15(11-14)18-2/h3-7,10-11H,8-9,17H2,1-2H3. The van der Waals surface area contributed by atoms with E-state index in [2.05, 4.69) is 37.3 Å². The van der Waals surface area contributed by atoms with Crippen molar-refractivity contribution in [2.24, 2.45) is 5.73 Å². The predicted molar refractivity (Wildman–Crippen MR) is 75.9 cm³/mol. The van der Waals surface area contributed by atoms with Crippen molar-refractivity contribution in [2.75, 3.05) is 13.7 Å². The minimum absolute atomic E-state index is 0.681. The van der Waals surface area contributed by atoms with Crippen molar-refractivity contribution in [1.29, 1.82) is 0 Å². The summed E-state index contributed by atoms with van der Waals surface area (Å²) in [5.41, 5.74) is 10.6. The Morgan fingerprint density at radius 1 is 1.11 bits per heavy atom. The van der Waals surface area contributed by atoms with E-state index in [1.54, 1.807) is 7.11 Å². The van der Waals surface area contributed by atoms with Crippen LogP contribution < -0.4 is 10.5 Å². The molecule has 0 unspecified atom stereocenters. The van der Waals surface area contributed by atoms with Gasteiger partial charge in [-0.05, 0) is 54.3 Å². The lowest BCUT2D eigenvalue weighted by atomic mass is 9.97. The van der Waals surface area contributed by atoms with Gasteiger partial charge >= 0.3 is 0 Å². The van der Waals surface area contributed by atoms with Crippen LogP contribution in [0.4, 0.5) is 0 Å². The first-order valence-electron chi connectivity index (χ1n) is 6.18. The molecule has 0 aliphatic carbocycles. The highest BCUT2D eigenvalue weighted by Crippen LogP contribution is 2.27. The molecule has 0 aromatic heterocycles. The second kappa shape index (κ2) is 5.69. The Morgan fingerprint density at radius 3 is 2.67 bits per heavy atom. The monoisotopic (exact) mass is 241 g/mol. The summed E-state index contributed by atoms with van der Waals surface area (Å²) in [6.07, 6.45) is 0.914. The largest absolute Gasteiger partial charge is 0.497 e. The fourth-order valence-electron chi connectivity index (χ4n) is 2.09. The molecule has 2 nitrogen and oxygen atoms in total. The molecule has 18 heavy (non-hydrogen) atoms. The van der Waals surface area contributed by atoms with Gasteiger partial charge in [-0.25, -0.2) is 0 Å². The van der Waals surface area contributed by atoms with Crippen molar-refractivity contribution in [2.45, 2.75) is 13.3 Å². The topological polar surface area (TPSA) is 35.2 Å². The highest BCUT2D eigenvalue weighted by atomic mass is 16.5. The van der Waals surface area contributed by atoms with Crippen LogP contribution in [0.2, 0.25) is 0 Å². The average Bonchev–Trinajstić information content (AvgIpc) is 2.41. The molecule has 0 spiro atoms. The zero-order valence-electron chi connectivity index (χ0n) is 10.9. The number of methoxy groups -OCH3 is 1. The molecule has 2 N–H and O–H groups in total. The summed E-state index contributed by atoms with van der Waals surface area (Å²) >= 11 is 0. The van der Waals surface area contributed by atoms with Crippen LogP contribution in [0.1, 0.15) is 11.1 Å². The summed E-state index contributed by atoms with van der Waals surface area (Å²) in [7, 11) is 1.69. The van der Waals surface area contributed by atoms with Crippen LogP contribution in [0.3, 0.4) is 0 Å². The van der Waals surface area contributed by atoms with Crippen molar-refractivity contribution >= 4 is 0 Å². The maximum Gasteiger partial charge on any atom is 0.119 e. The number of hydrogen-bond acceptors (Lipinski definition) is 2. The molecule has 0 saturated carbocycles. The lowest BCUT2D eigenvalue weighted by Gasteiger charge is -2.10. The van der Waals surface area contributed by atoms with E-state index in [1.165, 1.54) is 22.3 Å². The fraction of sp³-hybridized carbons (Fsp3) is 0.250. The predicted octanol–water partition coefficient (Wildman–Crippen LogP) is 3.17. The Morgan fingerprint density at radius 2 is 1.94 bits per heavy atom. The van der Waals surface area contributed by atoms with Crippen LogP contribution in [-0.2, 0) is 6.42 Å². The maximum atomic E-state index is 5.61. The van der Waals surface area contributed by atoms with Gasteiger partial charge in [-0.3, -0.25) is 0 Å². The van der Waals surface area contributed by atoms with Crippen LogP contribution in [-0.4, -0.2) is 13.7 Å². The molecule has 0 bridgehead atoms. The maximum absolute atomic E-state index is 5.61. The SMILES string of the molecule is COc1cccc(-c2cc(CCN)ccc2C)c1. The van der Waals surface area contributed by atoms with Crippen LogP contribution in [0.5, 0.6) is 5.75 Å². The number of nitrogens with two attached hydrogens (primary N) is 1. The van der Waals surface area contributed by atoms with E-state index in [0.29, 0.717) is 6.54 Å². The Labute approximate surface area is 108 Å². The van der Waals surface area contributed by atoms with Gasteiger partial charge in [0, 0.05) is 0 Å². The Kier molecular flexibility index (Phi) is 4.00. The van der Waals surface area contributed by atoms with E-state index in [-0.39, 0.29) is 0 Å². The van der Waals surface area contributed by atoms with E-state index < -0.39 is 0 Å². The Balaban J connectivity index is 2.44. The molecule has 0 aliphatic rings. The summed E-state index contributed by atoms with van der Waals surface area (Å²) < 4.78 is 5.27. The zero-order valence-corrected chi connectivity index (χ0v) is 10.9. The summed E-state index contributed by atoms with van der Waals surface area (Å²) in [6, 6.07) is 14.7. The van der Waals surface area contributed by atoms with Crippen LogP contribution in [0.15, 0.2) is 42.5 Å². The first kappa shape index (κ1) is 12.7. The molecule has 0 saturated heterocycles. The van der Waals surface area contributed by atoms with Crippen molar-refractivity contribution in [1.82, 2.24) is 0 Å². The summed E-state index contributed by atoms with van der Waals surface area (Å²) in [5.74, 6) is 0.885. The van der Waals surface area contributed by atoms with Crippen molar-refractivity contribution in [3.8, 4) is 16.9 Å². The van der Waals surface area contributed by atoms with Crippen molar-refractivity contribution < 1.29 is 4.74 Å². The quantitative estimate of drug-likeness (QED) is 0.892. The van der Waals surface area contributed by atoms with Crippen LogP contribution >= 0.6 is 0 Å². The van der Waals surface area contributed by atoms with Gasteiger partial charge < -0.3 is 10.5 Å². The second-order valence-corrected chi connectivity index (χ2v) is 4.42. The number of rotatable bonds is 4. The smallest absolute Gasteiger partial charge is 0.119 e. The highest BCUT2D eigenvalue weighted by molar-refractivity contribution is 5.69. The van der Waals surface area contributed by atoms with Crippen LogP contribution in [0.25, 0.3) is 11.1 Å². The second-order valence-electron chi connectivity index (χ2n) is 4.42. The van der Waals surface area contributed by atoms with Gasteiger partial charge in [0.2, 0.25) is 0 Å². The highest BCUT2D eigenvalue weighted by Gasteiger charge is 2.04. The molecule has 0 heterocycles. The van der Waals surface area contributed by atoms with E-state index >= 15 is 0 Å². The zero-order chi connectivity index (χ0) is 13.0. The molecular formula is C16H19NO. The summed E-state index contributed by atoms with van der Waals surface area (Å²) in [6.45, 7) is 2.81. The van der Waals surface area contributed by atoms with E-state index in [1.807, 2.05) is 12.1 Å². The molecule has 94 valence electrons. The van der Waals surface area contributed by atoms with Gasteiger partial charge in [-0.1, -0.05) is 30.3 Å². The molecule has 2 aromatic carbocycles. The minimum Gasteiger partial charge on any atom is -0.497 e. The Hall–Kier alpha value is -1.80. The lowest BCUT2D eigenvalue weighted by Crippen LogP contribution is -2.02. The molecule has 2 rings (SSSR count). The third-order valence-electron chi connectivity index (χ3n) is 3.12. The summed E-state index contributed by atoms with van der Waals surface area (Å²) in [4.78, 5) is 0. The molecule has 0 amide bonds. The average molecular weight is 241 g/mol. The van der Waals surface area contributed by atoms with Gasteiger partial charge in [0.15, 0.2) is 0 Å². The number of ether oxygens (including phenoxy) is 1. The number of hydrogen-bond donors (Lipinski definition) is 1. The molecule has 0 aliphatic heterocycles. The summed E-state index contributed by atoms with van der Waals surface area (Å²) in [5, 5.41) is 0. The molecular weight excluding hydrogens is 222 g/mol. The lowest BCUT2D eigenvalue weighted by molar-refractivity contribution is 0.415. The van der Waals surface area contributed by atoms with Gasteiger partial charge in [0.05, 0.1) is 7.11 Å². The van der Waals surface area contributed by atoms with E-state index in [4.69, 9.17) is 10.5 Å². The van der Waals surface area contributed by atoms with E-state index in [0.717, 1.165) is 12.2 Å². The van der Waals surface area contributed by atoms with E-state index in [9.17, 15) is 0 Å². The van der Waals surface area contributed by atoms with Crippen molar-refractivity contribution in [3.63, 3.8) is 0 Å². The number of benzene rings is 2. The molecule has 0 radical (unpaired) electrons. The molecule has 2 aromatic rings. The van der Waals surface area contributed by atoms with Crippen LogP contribution in [0, 0.1) is 6.92 Å². The minimum atomic E-state index is 0.681. The first-order valence-corrected chi connectivity index (χ1v) is 6.18. The normalized spacial score (nSPS) is 10.4. The van der Waals surface area contributed by atoms with Gasteiger partial charge in [-0.2, -0.15) is 0 Å². The number of aryl methyl sites for hydroxylation is 1. The third-order valence-corrected chi connectivity index (χ3v) is 3.12. The molecule has 0 fully saturated rings. The Bertz CT molecular complexity index is 534. The fourth-order valence-corrected chi connectivity index (χ4v) is 2.09. The molecule has 0 atom stereocenters. The van der Waals surface area contributed by atoms with Gasteiger partial charge in [0.25, 0.3) is 0 Å². The van der Waals surface area contributed by atoms with Gasteiger partial charge in [0.1, 0.15) is 5.75 Å². The molecule has 2 heteroatoms. The van der Waals surface area contributed by atoms with Crippen molar-refractivity contribution in [3.05, 3.63) is 53.6 Å². The first-order chi connectivity index (χ1) is 8.74.